The van der Waals surface area contributed by atoms with Gasteiger partial charge in [0, 0.05) is 29.0 Å². The molecule has 1 aliphatic heterocycles. The van der Waals surface area contributed by atoms with E-state index in [4.69, 9.17) is 15.6 Å². The Hall–Kier alpha value is -0.760. The van der Waals surface area contributed by atoms with Crippen LogP contribution in [0.25, 0.3) is 0 Å². The molecular formula is C11H16N2O3S2. The van der Waals surface area contributed by atoms with Gasteiger partial charge in [0.05, 0.1) is 4.90 Å². The molecule has 1 aromatic carbocycles. The molecule has 7 heteroatoms. The van der Waals surface area contributed by atoms with Crippen molar-refractivity contribution < 1.29 is 13.2 Å². The van der Waals surface area contributed by atoms with Gasteiger partial charge in [-0.2, -0.15) is 0 Å². The first kappa shape index (κ1) is 13.7. The average molecular weight is 288 g/mol. The van der Waals surface area contributed by atoms with Crippen molar-refractivity contribution in [2.45, 2.75) is 27.9 Å². The molecule has 0 atom stereocenters. The normalized spacial score (nSPS) is 17.8. The Kier molecular flexibility index (Phi) is 4.16. The molecule has 0 bridgehead atoms. The molecule has 0 aliphatic carbocycles. The zero-order valence-electron chi connectivity index (χ0n) is 9.83. The Bertz CT molecular complexity index is 525. The molecule has 0 radical (unpaired) electrons. The fourth-order valence-corrected chi connectivity index (χ4v) is 3.46. The van der Waals surface area contributed by atoms with Crippen molar-refractivity contribution in [3.05, 3.63) is 18.2 Å². The summed E-state index contributed by atoms with van der Waals surface area (Å²) in [4.78, 5) is 0.950. The van der Waals surface area contributed by atoms with E-state index >= 15 is 0 Å². The molecule has 1 fully saturated rings. The number of nitrogens with two attached hydrogens (primary N) is 2. The van der Waals surface area contributed by atoms with Crippen molar-refractivity contribution in [3.63, 3.8) is 0 Å². The topological polar surface area (TPSA) is 95.4 Å². The lowest BCUT2D eigenvalue weighted by Crippen LogP contribution is -2.17. The van der Waals surface area contributed by atoms with Gasteiger partial charge < -0.3 is 10.5 Å². The summed E-state index contributed by atoms with van der Waals surface area (Å²) >= 11 is 1.67. The van der Waals surface area contributed by atoms with Gasteiger partial charge >= 0.3 is 0 Å². The van der Waals surface area contributed by atoms with Crippen LogP contribution < -0.4 is 10.9 Å². The van der Waals surface area contributed by atoms with Crippen molar-refractivity contribution in [2.75, 3.05) is 18.9 Å². The molecule has 0 unspecified atom stereocenters. The number of hydrogen-bond acceptors (Lipinski definition) is 5. The van der Waals surface area contributed by atoms with E-state index in [1.165, 1.54) is 12.1 Å². The van der Waals surface area contributed by atoms with Crippen LogP contribution in [0.2, 0.25) is 0 Å². The first-order valence-corrected chi connectivity index (χ1v) is 8.06. The second kappa shape index (κ2) is 5.48. The summed E-state index contributed by atoms with van der Waals surface area (Å²) in [7, 11) is -3.68. The van der Waals surface area contributed by atoms with Crippen LogP contribution in [0.5, 0.6) is 0 Å². The number of primary sulfonamides is 1. The van der Waals surface area contributed by atoms with Crippen molar-refractivity contribution in [1.29, 1.82) is 0 Å². The molecule has 4 N–H and O–H groups in total. The Morgan fingerprint density at radius 3 is 2.50 bits per heavy atom. The number of nitrogen functional groups attached to an aromatic ring is 1. The predicted octanol–water partition coefficient (Wildman–Crippen LogP) is 1.19. The molecular weight excluding hydrogens is 272 g/mol. The smallest absolute Gasteiger partial charge is 0.238 e. The minimum Gasteiger partial charge on any atom is -0.398 e. The van der Waals surface area contributed by atoms with Crippen LogP contribution in [0.15, 0.2) is 28.0 Å². The lowest BCUT2D eigenvalue weighted by molar-refractivity contribution is 0.100. The van der Waals surface area contributed by atoms with Crippen LogP contribution in [0.4, 0.5) is 5.69 Å². The highest BCUT2D eigenvalue weighted by molar-refractivity contribution is 8.00. The molecule has 1 saturated heterocycles. The number of sulfonamides is 1. The lowest BCUT2D eigenvalue weighted by atomic mass is 10.2. The fraction of sp³-hybridized carbons (Fsp3) is 0.455. The van der Waals surface area contributed by atoms with Gasteiger partial charge in [-0.25, -0.2) is 13.6 Å². The van der Waals surface area contributed by atoms with E-state index in [1.54, 1.807) is 17.8 Å². The highest BCUT2D eigenvalue weighted by Gasteiger charge is 2.17. The number of anilines is 1. The van der Waals surface area contributed by atoms with Crippen molar-refractivity contribution >= 4 is 27.5 Å². The molecule has 1 aromatic rings. The Balaban J connectivity index is 2.14. The molecule has 18 heavy (non-hydrogen) atoms. The minimum atomic E-state index is -3.68. The summed E-state index contributed by atoms with van der Waals surface area (Å²) in [5.74, 6) is 0. The highest BCUT2D eigenvalue weighted by atomic mass is 32.2. The van der Waals surface area contributed by atoms with Crippen molar-refractivity contribution in [3.8, 4) is 0 Å². The van der Waals surface area contributed by atoms with Crippen LogP contribution in [0.3, 0.4) is 0 Å². The number of hydrogen-bond donors (Lipinski definition) is 2. The van der Waals surface area contributed by atoms with E-state index in [9.17, 15) is 8.42 Å². The van der Waals surface area contributed by atoms with Gasteiger partial charge in [-0.3, -0.25) is 0 Å². The molecule has 1 aliphatic rings. The van der Waals surface area contributed by atoms with E-state index < -0.39 is 10.0 Å². The maximum absolute atomic E-state index is 11.2. The third-order valence-electron chi connectivity index (χ3n) is 2.77. The van der Waals surface area contributed by atoms with Crippen molar-refractivity contribution in [2.24, 2.45) is 5.14 Å². The number of rotatable bonds is 3. The quantitative estimate of drug-likeness (QED) is 0.814. The molecule has 5 nitrogen and oxygen atoms in total. The molecule has 0 spiro atoms. The van der Waals surface area contributed by atoms with Gasteiger partial charge in [0.15, 0.2) is 0 Å². The van der Waals surface area contributed by atoms with E-state index in [1.807, 2.05) is 0 Å². The maximum Gasteiger partial charge on any atom is 0.238 e. The maximum atomic E-state index is 11.2. The summed E-state index contributed by atoms with van der Waals surface area (Å²) in [5, 5.41) is 5.53. The van der Waals surface area contributed by atoms with Gasteiger partial charge in [-0.1, -0.05) is 0 Å². The van der Waals surface area contributed by atoms with Crippen LogP contribution in [-0.2, 0) is 14.8 Å². The van der Waals surface area contributed by atoms with Gasteiger partial charge in [0.1, 0.15) is 0 Å². The molecule has 0 saturated carbocycles. The fourth-order valence-electron chi connectivity index (χ4n) is 1.78. The SMILES string of the molecule is Nc1cc(S(N)(=O)=O)ccc1SC1CCOCC1. The molecule has 0 aromatic heterocycles. The summed E-state index contributed by atoms with van der Waals surface area (Å²) in [6, 6.07) is 4.62. The van der Waals surface area contributed by atoms with E-state index in [2.05, 4.69) is 0 Å². The first-order chi connectivity index (χ1) is 8.47. The third kappa shape index (κ3) is 3.38. The van der Waals surface area contributed by atoms with Gasteiger partial charge in [0.25, 0.3) is 0 Å². The summed E-state index contributed by atoms with van der Waals surface area (Å²) in [5.41, 5.74) is 6.32. The third-order valence-corrected chi connectivity index (χ3v) is 5.11. The zero-order valence-corrected chi connectivity index (χ0v) is 11.5. The second-order valence-electron chi connectivity index (χ2n) is 4.17. The Morgan fingerprint density at radius 1 is 1.28 bits per heavy atom. The number of benzene rings is 1. The van der Waals surface area contributed by atoms with E-state index in [-0.39, 0.29) is 4.90 Å². The summed E-state index contributed by atoms with van der Waals surface area (Å²) in [6.45, 7) is 1.54. The predicted molar refractivity (Wildman–Crippen MR) is 71.9 cm³/mol. The summed E-state index contributed by atoms with van der Waals surface area (Å²) in [6.07, 6.45) is 1.97. The van der Waals surface area contributed by atoms with Gasteiger partial charge in [0.2, 0.25) is 10.0 Å². The first-order valence-electron chi connectivity index (χ1n) is 5.63. The second-order valence-corrected chi connectivity index (χ2v) is 7.08. The lowest BCUT2D eigenvalue weighted by Gasteiger charge is -2.22. The largest absolute Gasteiger partial charge is 0.398 e. The Morgan fingerprint density at radius 2 is 1.94 bits per heavy atom. The molecule has 100 valence electrons. The number of thioether (sulfide) groups is 1. The molecule has 2 rings (SSSR count). The standard InChI is InChI=1S/C11H16N2O3S2/c12-10-7-9(18(13,14)15)1-2-11(10)17-8-3-5-16-6-4-8/h1-2,7-8H,3-6,12H2,(H2,13,14,15). The average Bonchev–Trinajstić information content (AvgIpc) is 2.32. The summed E-state index contributed by atoms with van der Waals surface area (Å²) < 4.78 is 27.7. The monoisotopic (exact) mass is 288 g/mol. The zero-order chi connectivity index (χ0) is 13.2. The van der Waals surface area contributed by atoms with E-state index in [0.717, 1.165) is 31.0 Å². The van der Waals surface area contributed by atoms with E-state index in [0.29, 0.717) is 10.9 Å². The van der Waals surface area contributed by atoms with Gasteiger partial charge in [-0.05, 0) is 31.0 Å². The van der Waals surface area contributed by atoms with Gasteiger partial charge in [-0.15, -0.1) is 11.8 Å². The minimum absolute atomic E-state index is 0.0522. The number of ether oxygens (including phenoxy) is 1. The van der Waals surface area contributed by atoms with Crippen LogP contribution in [-0.4, -0.2) is 26.9 Å². The Labute approximate surface area is 111 Å². The van der Waals surface area contributed by atoms with Crippen LogP contribution in [0.1, 0.15) is 12.8 Å². The molecule has 1 heterocycles. The van der Waals surface area contributed by atoms with Crippen molar-refractivity contribution in [1.82, 2.24) is 0 Å². The highest BCUT2D eigenvalue weighted by Crippen LogP contribution is 2.34. The van der Waals surface area contributed by atoms with Crippen LogP contribution >= 0.6 is 11.8 Å². The van der Waals surface area contributed by atoms with Crippen LogP contribution in [0, 0.1) is 0 Å². The molecule has 0 amide bonds.